The van der Waals surface area contributed by atoms with E-state index in [1.807, 2.05) is 24.3 Å². The van der Waals surface area contributed by atoms with Crippen molar-refractivity contribution in [2.75, 3.05) is 19.1 Å². The molecule has 0 aliphatic rings. The van der Waals surface area contributed by atoms with E-state index in [4.69, 9.17) is 33.7 Å². The van der Waals surface area contributed by atoms with E-state index in [0.29, 0.717) is 16.3 Å². The largest absolute Gasteiger partial charge is 0.482 e. The average Bonchev–Trinajstić information content (AvgIpc) is 2.66. The molecule has 0 aliphatic heterocycles. The second kappa shape index (κ2) is 8.35. The van der Waals surface area contributed by atoms with Gasteiger partial charge in [0.2, 0.25) is 0 Å². The van der Waals surface area contributed by atoms with Crippen molar-refractivity contribution < 1.29 is 13.7 Å². The van der Waals surface area contributed by atoms with Crippen molar-refractivity contribution >= 4 is 41.5 Å². The molecule has 29 heavy (non-hydrogen) atoms. The molecule has 3 aromatic rings. The molecule has 1 aromatic heterocycles. The predicted molar refractivity (Wildman–Crippen MR) is 119 cm³/mol. The minimum atomic E-state index is -2.33. The Kier molecular flexibility index (Phi) is 6.23. The first-order chi connectivity index (χ1) is 13.6. The highest BCUT2D eigenvalue weighted by molar-refractivity contribution is 7.70. The van der Waals surface area contributed by atoms with Gasteiger partial charge in [0.1, 0.15) is 19.1 Å². The maximum absolute atomic E-state index is 13.8. The van der Waals surface area contributed by atoms with E-state index in [-0.39, 0.29) is 10.8 Å². The van der Waals surface area contributed by atoms with Gasteiger partial charge in [-0.25, -0.2) is 9.37 Å². The average molecular weight is 453 g/mol. The third-order valence-corrected chi connectivity index (χ3v) is 6.75. The van der Waals surface area contributed by atoms with Crippen LogP contribution in [-0.2, 0) is 4.57 Å². The highest BCUT2D eigenvalue weighted by Crippen LogP contribution is 2.38. The van der Waals surface area contributed by atoms with Crippen LogP contribution >= 0.6 is 30.3 Å². The zero-order chi connectivity index (χ0) is 21.3. The smallest absolute Gasteiger partial charge is 0.166 e. The molecule has 1 heterocycles. The fourth-order valence-electron chi connectivity index (χ4n) is 2.89. The number of benzene rings is 2. The van der Waals surface area contributed by atoms with E-state index in [1.54, 1.807) is 32.5 Å². The van der Waals surface area contributed by atoms with Gasteiger partial charge in [-0.2, -0.15) is 0 Å². The standard InChI is InChI=1S/C21H20Cl2FN2O2P/c1-12(19-16(22)8-9-17(24)20(19)23)28-18-10-14(11-26-21(18)25)13-4-6-15(7-5-13)29(2,3)27/h4-12H,1-3H3,(H2,25,26)/t12-/m1/s1. The first-order valence-corrected chi connectivity index (χ1v) is 12.1. The molecule has 0 saturated carbocycles. The minimum Gasteiger partial charge on any atom is -0.482 e. The maximum Gasteiger partial charge on any atom is 0.166 e. The zero-order valence-corrected chi connectivity index (χ0v) is 18.5. The van der Waals surface area contributed by atoms with Gasteiger partial charge in [-0.3, -0.25) is 0 Å². The number of hydrogen-bond acceptors (Lipinski definition) is 4. The van der Waals surface area contributed by atoms with Crippen molar-refractivity contribution in [1.82, 2.24) is 4.98 Å². The Labute approximate surface area is 179 Å². The number of rotatable bonds is 5. The fourth-order valence-corrected chi connectivity index (χ4v) is 4.43. The number of pyridine rings is 1. The van der Waals surface area contributed by atoms with Crippen LogP contribution in [0.15, 0.2) is 48.7 Å². The van der Waals surface area contributed by atoms with Crippen LogP contribution in [0, 0.1) is 5.82 Å². The number of nitrogens with two attached hydrogens (primary N) is 1. The molecular weight excluding hydrogens is 433 g/mol. The van der Waals surface area contributed by atoms with Gasteiger partial charge in [0.15, 0.2) is 11.6 Å². The molecule has 1 atom stereocenters. The Morgan fingerprint density at radius 2 is 1.76 bits per heavy atom. The molecule has 8 heteroatoms. The molecule has 0 amide bonds. The summed E-state index contributed by atoms with van der Waals surface area (Å²) in [5.74, 6) is -0.0646. The number of anilines is 1. The molecule has 2 N–H and O–H groups in total. The zero-order valence-electron chi connectivity index (χ0n) is 16.1. The Balaban J connectivity index is 1.92. The summed E-state index contributed by atoms with van der Waals surface area (Å²) in [6.07, 6.45) is 0.972. The fraction of sp³-hybridized carbons (Fsp3) is 0.190. The quantitative estimate of drug-likeness (QED) is 0.371. The lowest BCUT2D eigenvalue weighted by molar-refractivity contribution is 0.227. The summed E-state index contributed by atoms with van der Waals surface area (Å²) in [6, 6.07) is 11.8. The maximum atomic E-state index is 13.8. The second-order valence-electron chi connectivity index (χ2n) is 7.02. The van der Waals surface area contributed by atoms with Crippen molar-refractivity contribution in [2.45, 2.75) is 13.0 Å². The van der Waals surface area contributed by atoms with E-state index in [9.17, 15) is 8.96 Å². The van der Waals surface area contributed by atoms with Gasteiger partial charge >= 0.3 is 0 Å². The highest BCUT2D eigenvalue weighted by Gasteiger charge is 2.20. The second-order valence-corrected chi connectivity index (χ2v) is 11.0. The molecule has 152 valence electrons. The summed E-state index contributed by atoms with van der Waals surface area (Å²) < 4.78 is 32.0. The summed E-state index contributed by atoms with van der Waals surface area (Å²) in [5, 5.41) is 1.00. The Morgan fingerprint density at radius 3 is 2.38 bits per heavy atom. The number of aromatic nitrogens is 1. The van der Waals surface area contributed by atoms with Gasteiger partial charge in [0.25, 0.3) is 0 Å². The Hall–Kier alpha value is -2.07. The summed E-state index contributed by atoms with van der Waals surface area (Å²) in [4.78, 5) is 4.19. The summed E-state index contributed by atoms with van der Waals surface area (Å²) in [6.45, 7) is 5.15. The van der Waals surface area contributed by atoms with Crippen LogP contribution in [0.4, 0.5) is 10.2 Å². The number of nitrogen functional groups attached to an aromatic ring is 1. The molecule has 0 spiro atoms. The molecule has 2 aromatic carbocycles. The molecule has 3 rings (SSSR count). The predicted octanol–water partition coefficient (Wildman–Crippen LogP) is 6.16. The molecule has 0 aliphatic carbocycles. The van der Waals surface area contributed by atoms with E-state index >= 15 is 0 Å². The first kappa shape index (κ1) is 21.6. The van der Waals surface area contributed by atoms with Crippen LogP contribution in [0.25, 0.3) is 11.1 Å². The molecule has 4 nitrogen and oxygen atoms in total. The Morgan fingerprint density at radius 1 is 1.10 bits per heavy atom. The van der Waals surface area contributed by atoms with Crippen LogP contribution in [0.1, 0.15) is 18.6 Å². The highest BCUT2D eigenvalue weighted by atomic mass is 35.5. The van der Waals surface area contributed by atoms with Gasteiger partial charge in [-0.15, -0.1) is 0 Å². The van der Waals surface area contributed by atoms with Crippen molar-refractivity contribution in [3.63, 3.8) is 0 Å². The number of nitrogens with zero attached hydrogens (tertiary/aromatic N) is 1. The van der Waals surface area contributed by atoms with E-state index in [0.717, 1.165) is 16.4 Å². The van der Waals surface area contributed by atoms with Crippen molar-refractivity contribution in [1.29, 1.82) is 0 Å². The van der Waals surface area contributed by atoms with Crippen molar-refractivity contribution in [3.8, 4) is 16.9 Å². The third-order valence-electron chi connectivity index (χ3n) is 4.49. The number of ether oxygens (including phenoxy) is 1. The van der Waals surface area contributed by atoms with Crippen molar-refractivity contribution in [3.05, 3.63) is 70.1 Å². The lowest BCUT2D eigenvalue weighted by atomic mass is 10.1. The summed E-state index contributed by atoms with van der Waals surface area (Å²) in [5.41, 5.74) is 7.94. The molecule has 0 fully saturated rings. The van der Waals surface area contributed by atoms with Crippen LogP contribution in [-0.4, -0.2) is 18.3 Å². The Bertz CT molecular complexity index is 1100. The lowest BCUT2D eigenvalue weighted by Crippen LogP contribution is -2.08. The molecule has 0 saturated heterocycles. The summed E-state index contributed by atoms with van der Waals surface area (Å²) >= 11 is 12.2. The van der Waals surface area contributed by atoms with E-state index in [2.05, 4.69) is 4.98 Å². The molecular formula is C21H20Cl2FN2O2P. The van der Waals surface area contributed by atoms with Gasteiger partial charge < -0.3 is 15.0 Å². The van der Waals surface area contributed by atoms with Crippen molar-refractivity contribution in [2.24, 2.45) is 0 Å². The van der Waals surface area contributed by atoms with Crippen LogP contribution in [0.5, 0.6) is 5.75 Å². The molecule has 0 radical (unpaired) electrons. The molecule has 0 bridgehead atoms. The van der Waals surface area contributed by atoms with E-state index in [1.165, 1.54) is 12.1 Å². The van der Waals surface area contributed by atoms with Gasteiger partial charge in [0, 0.05) is 27.7 Å². The number of hydrogen-bond donors (Lipinski definition) is 1. The monoisotopic (exact) mass is 452 g/mol. The third kappa shape index (κ3) is 4.75. The van der Waals surface area contributed by atoms with Gasteiger partial charge in [0.05, 0.1) is 5.02 Å². The molecule has 0 unspecified atom stereocenters. The van der Waals surface area contributed by atoms with Gasteiger partial charge in [-0.05, 0) is 44.0 Å². The normalized spacial score (nSPS) is 12.6. The SMILES string of the molecule is C[C@@H](Oc1cc(-c2ccc(P(C)(C)=O)cc2)cnc1N)c1c(Cl)ccc(F)c1Cl. The van der Waals surface area contributed by atoms with Crippen LogP contribution in [0.2, 0.25) is 10.0 Å². The van der Waals surface area contributed by atoms with Crippen LogP contribution in [0.3, 0.4) is 0 Å². The number of halogens is 3. The van der Waals surface area contributed by atoms with Gasteiger partial charge in [-0.1, -0.05) is 47.5 Å². The van der Waals surface area contributed by atoms with E-state index < -0.39 is 19.1 Å². The summed E-state index contributed by atoms with van der Waals surface area (Å²) in [7, 11) is -2.33. The lowest BCUT2D eigenvalue weighted by Gasteiger charge is -2.19. The first-order valence-electron chi connectivity index (χ1n) is 8.79. The topological polar surface area (TPSA) is 65.2 Å². The van der Waals surface area contributed by atoms with Crippen LogP contribution < -0.4 is 15.8 Å². The minimum absolute atomic E-state index is 0.0909.